The van der Waals surface area contributed by atoms with Crippen LogP contribution in [0.5, 0.6) is 0 Å². The van der Waals surface area contributed by atoms with Gasteiger partial charge in [0.2, 0.25) is 0 Å². The van der Waals surface area contributed by atoms with E-state index in [4.69, 9.17) is 5.73 Å². The van der Waals surface area contributed by atoms with Crippen molar-refractivity contribution < 1.29 is 0 Å². The normalized spacial score (nSPS) is 17.8. The minimum absolute atomic E-state index is 0.408. The minimum Gasteiger partial charge on any atom is -0.327 e. The fourth-order valence-electron chi connectivity index (χ4n) is 2.08. The van der Waals surface area contributed by atoms with Crippen LogP contribution in [-0.4, -0.2) is 6.04 Å². The maximum absolute atomic E-state index is 6.05. The lowest BCUT2D eigenvalue weighted by molar-refractivity contribution is 0.312. The van der Waals surface area contributed by atoms with Gasteiger partial charge < -0.3 is 5.73 Å². The first kappa shape index (κ1) is 14.0. The monoisotopic (exact) mass is 199 g/mol. The van der Waals surface area contributed by atoms with Crippen LogP contribution in [0.25, 0.3) is 0 Å². The van der Waals surface area contributed by atoms with E-state index in [0.29, 0.717) is 12.0 Å². The van der Waals surface area contributed by atoms with Gasteiger partial charge in [-0.1, -0.05) is 53.4 Å². The molecule has 0 radical (unpaired) electrons. The summed E-state index contributed by atoms with van der Waals surface area (Å²) >= 11 is 0. The molecule has 0 heterocycles. The van der Waals surface area contributed by atoms with Crippen molar-refractivity contribution in [1.29, 1.82) is 0 Å². The lowest BCUT2D eigenvalue weighted by Gasteiger charge is -2.23. The van der Waals surface area contributed by atoms with Gasteiger partial charge in [-0.25, -0.2) is 0 Å². The summed E-state index contributed by atoms with van der Waals surface area (Å²) < 4.78 is 0. The molecule has 0 bridgehead atoms. The SMILES string of the molecule is CCCCC(CC)CC(C)C(N)CC. The Balaban J connectivity index is 3.79. The molecule has 0 spiro atoms. The van der Waals surface area contributed by atoms with Gasteiger partial charge in [-0.15, -0.1) is 0 Å². The summed E-state index contributed by atoms with van der Waals surface area (Å²) in [6, 6.07) is 0.408. The molecule has 0 aliphatic heterocycles. The van der Waals surface area contributed by atoms with E-state index in [1.54, 1.807) is 0 Å². The largest absolute Gasteiger partial charge is 0.327 e. The maximum Gasteiger partial charge on any atom is 0.00620 e. The first-order chi connectivity index (χ1) is 6.65. The van der Waals surface area contributed by atoms with Gasteiger partial charge in [0, 0.05) is 6.04 Å². The average molecular weight is 199 g/mol. The van der Waals surface area contributed by atoms with E-state index < -0.39 is 0 Å². The molecule has 3 unspecified atom stereocenters. The molecule has 0 saturated heterocycles. The summed E-state index contributed by atoms with van der Waals surface area (Å²) in [5.74, 6) is 1.60. The van der Waals surface area contributed by atoms with Crippen LogP contribution in [0.4, 0.5) is 0 Å². The predicted octanol–water partition coefficient (Wildman–Crippen LogP) is 3.97. The highest BCUT2D eigenvalue weighted by Gasteiger charge is 2.15. The molecule has 0 aliphatic carbocycles. The van der Waals surface area contributed by atoms with Gasteiger partial charge in [0.05, 0.1) is 0 Å². The number of hydrogen-bond acceptors (Lipinski definition) is 1. The van der Waals surface area contributed by atoms with Crippen LogP contribution in [0.15, 0.2) is 0 Å². The molecule has 0 aromatic rings. The summed E-state index contributed by atoms with van der Waals surface area (Å²) in [4.78, 5) is 0. The molecule has 0 rings (SSSR count). The smallest absolute Gasteiger partial charge is 0.00620 e. The Morgan fingerprint density at radius 2 is 1.71 bits per heavy atom. The molecule has 0 saturated carbocycles. The summed E-state index contributed by atoms with van der Waals surface area (Å²) in [6.45, 7) is 9.08. The Bertz CT molecular complexity index is 122. The van der Waals surface area contributed by atoms with Crippen LogP contribution in [0, 0.1) is 11.8 Å². The van der Waals surface area contributed by atoms with Crippen LogP contribution in [-0.2, 0) is 0 Å². The molecule has 0 aromatic carbocycles. The molecule has 0 fully saturated rings. The molecule has 0 aromatic heterocycles. The summed E-state index contributed by atoms with van der Waals surface area (Å²) in [7, 11) is 0. The fraction of sp³-hybridized carbons (Fsp3) is 1.00. The molecule has 1 heteroatoms. The zero-order valence-electron chi connectivity index (χ0n) is 10.6. The average Bonchev–Trinajstić information content (AvgIpc) is 2.22. The number of unbranched alkanes of at least 4 members (excludes halogenated alkanes) is 1. The molecule has 3 atom stereocenters. The summed E-state index contributed by atoms with van der Waals surface area (Å²) in [5, 5.41) is 0. The van der Waals surface area contributed by atoms with Gasteiger partial charge in [0.25, 0.3) is 0 Å². The van der Waals surface area contributed by atoms with Gasteiger partial charge in [0.1, 0.15) is 0 Å². The highest BCUT2D eigenvalue weighted by molar-refractivity contribution is 4.71. The van der Waals surface area contributed by atoms with E-state index >= 15 is 0 Å². The second-order valence-corrected chi connectivity index (χ2v) is 4.70. The molecule has 0 aliphatic rings. The van der Waals surface area contributed by atoms with Crippen molar-refractivity contribution in [2.24, 2.45) is 17.6 Å². The van der Waals surface area contributed by atoms with Crippen molar-refractivity contribution >= 4 is 0 Å². The minimum atomic E-state index is 0.408. The van der Waals surface area contributed by atoms with E-state index in [0.717, 1.165) is 12.3 Å². The third-order valence-corrected chi connectivity index (χ3v) is 3.45. The second kappa shape index (κ2) is 8.28. The standard InChI is InChI=1S/C13H29N/c1-5-8-9-12(6-2)10-11(4)13(14)7-3/h11-13H,5-10,14H2,1-4H3. The van der Waals surface area contributed by atoms with Crippen LogP contribution in [0.2, 0.25) is 0 Å². The fourth-order valence-corrected chi connectivity index (χ4v) is 2.08. The third-order valence-electron chi connectivity index (χ3n) is 3.45. The van der Waals surface area contributed by atoms with Crippen LogP contribution in [0.1, 0.15) is 66.2 Å². The lowest BCUT2D eigenvalue weighted by Crippen LogP contribution is -2.28. The Morgan fingerprint density at radius 3 is 2.14 bits per heavy atom. The topological polar surface area (TPSA) is 26.0 Å². The van der Waals surface area contributed by atoms with Crippen LogP contribution >= 0.6 is 0 Å². The Kier molecular flexibility index (Phi) is 8.26. The lowest BCUT2D eigenvalue weighted by atomic mass is 9.85. The predicted molar refractivity (Wildman–Crippen MR) is 65.4 cm³/mol. The highest BCUT2D eigenvalue weighted by Crippen LogP contribution is 2.23. The van der Waals surface area contributed by atoms with E-state index in [1.165, 1.54) is 32.1 Å². The van der Waals surface area contributed by atoms with E-state index in [-0.39, 0.29) is 0 Å². The molecule has 86 valence electrons. The Morgan fingerprint density at radius 1 is 1.07 bits per heavy atom. The van der Waals surface area contributed by atoms with E-state index in [2.05, 4.69) is 27.7 Å². The van der Waals surface area contributed by atoms with Crippen LogP contribution in [0.3, 0.4) is 0 Å². The zero-order chi connectivity index (χ0) is 11.0. The van der Waals surface area contributed by atoms with Crippen molar-refractivity contribution in [3.05, 3.63) is 0 Å². The van der Waals surface area contributed by atoms with Gasteiger partial charge in [-0.2, -0.15) is 0 Å². The summed E-state index contributed by atoms with van der Waals surface area (Å²) in [6.07, 6.45) is 7.86. The van der Waals surface area contributed by atoms with Crippen molar-refractivity contribution in [3.8, 4) is 0 Å². The first-order valence-corrected chi connectivity index (χ1v) is 6.41. The van der Waals surface area contributed by atoms with Crippen molar-refractivity contribution in [2.75, 3.05) is 0 Å². The second-order valence-electron chi connectivity index (χ2n) is 4.70. The van der Waals surface area contributed by atoms with Crippen LogP contribution < -0.4 is 5.73 Å². The maximum atomic E-state index is 6.05. The molecule has 1 nitrogen and oxygen atoms in total. The zero-order valence-corrected chi connectivity index (χ0v) is 10.6. The van der Waals surface area contributed by atoms with E-state index in [9.17, 15) is 0 Å². The number of hydrogen-bond donors (Lipinski definition) is 1. The van der Waals surface area contributed by atoms with Crippen molar-refractivity contribution in [2.45, 2.75) is 72.3 Å². The molecule has 2 N–H and O–H groups in total. The Hall–Kier alpha value is -0.0400. The molecular formula is C13H29N. The van der Waals surface area contributed by atoms with Crippen molar-refractivity contribution in [3.63, 3.8) is 0 Å². The molecular weight excluding hydrogens is 170 g/mol. The highest BCUT2D eigenvalue weighted by atomic mass is 14.6. The third kappa shape index (κ3) is 5.64. The van der Waals surface area contributed by atoms with E-state index in [1.807, 2.05) is 0 Å². The Labute approximate surface area is 90.5 Å². The van der Waals surface area contributed by atoms with Crippen molar-refractivity contribution in [1.82, 2.24) is 0 Å². The van der Waals surface area contributed by atoms with Gasteiger partial charge >= 0.3 is 0 Å². The number of nitrogens with two attached hydrogens (primary N) is 1. The van der Waals surface area contributed by atoms with Gasteiger partial charge in [0.15, 0.2) is 0 Å². The molecule has 0 amide bonds. The quantitative estimate of drug-likeness (QED) is 0.629. The number of rotatable bonds is 8. The first-order valence-electron chi connectivity index (χ1n) is 6.41. The van der Waals surface area contributed by atoms with Gasteiger partial charge in [-0.05, 0) is 24.7 Å². The van der Waals surface area contributed by atoms with Gasteiger partial charge in [-0.3, -0.25) is 0 Å². The summed E-state index contributed by atoms with van der Waals surface area (Å²) in [5.41, 5.74) is 6.05. The molecule has 14 heavy (non-hydrogen) atoms.